The van der Waals surface area contributed by atoms with Gasteiger partial charge < -0.3 is 15.6 Å². The highest BCUT2D eigenvalue weighted by Crippen LogP contribution is 2.35. The molecule has 3 N–H and O–H groups in total. The number of aromatic nitrogens is 3. The molecule has 3 rings (SSSR count). The van der Waals surface area contributed by atoms with Crippen molar-refractivity contribution in [3.8, 4) is 11.3 Å². The summed E-state index contributed by atoms with van der Waals surface area (Å²) in [6, 6.07) is 1.69. The Morgan fingerprint density at radius 3 is 2.82 bits per heavy atom. The van der Waals surface area contributed by atoms with Crippen LogP contribution in [0.5, 0.6) is 0 Å². The maximum absolute atomic E-state index is 13.1. The van der Waals surface area contributed by atoms with Gasteiger partial charge in [-0.3, -0.25) is 0 Å². The van der Waals surface area contributed by atoms with Crippen LogP contribution >= 0.6 is 0 Å². The Labute approximate surface area is 125 Å². The predicted octanol–water partition coefficient (Wildman–Crippen LogP) is 2.65. The Hall–Kier alpha value is -2.09. The molecule has 0 aromatic carbocycles. The number of halogens is 3. The van der Waals surface area contributed by atoms with E-state index in [1.807, 2.05) is 0 Å². The van der Waals surface area contributed by atoms with E-state index < -0.39 is 11.7 Å². The molecule has 0 amide bonds. The molecule has 2 aromatic rings. The zero-order chi connectivity index (χ0) is 15.6. The van der Waals surface area contributed by atoms with E-state index in [9.17, 15) is 13.2 Å². The molecule has 1 atom stereocenters. The normalized spacial score (nSPS) is 19.1. The summed E-state index contributed by atoms with van der Waals surface area (Å²) in [5.41, 5.74) is -0.561. The Kier molecular flexibility index (Phi) is 4.02. The van der Waals surface area contributed by atoms with Gasteiger partial charge in [-0.2, -0.15) is 13.2 Å². The first-order chi connectivity index (χ1) is 10.5. The molecular formula is C14H16F3N5. The second-order valence-electron chi connectivity index (χ2n) is 5.24. The standard InChI is InChI=1S/C14H16F3N5/c15-14(16,17)11-8-20-13(21-10-2-1-4-18-7-10)22-12(11)9-3-5-19-6-9/h3,5-6,8,10,18-19H,1-2,4,7H2,(H,20,21,22)/t10-/m0/s1. The summed E-state index contributed by atoms with van der Waals surface area (Å²) in [6.07, 6.45) is 1.37. The van der Waals surface area contributed by atoms with E-state index in [4.69, 9.17) is 0 Å². The monoisotopic (exact) mass is 311 g/mol. The number of rotatable bonds is 3. The van der Waals surface area contributed by atoms with Crippen molar-refractivity contribution in [1.82, 2.24) is 20.3 Å². The number of aromatic amines is 1. The van der Waals surface area contributed by atoms with Crippen molar-refractivity contribution in [2.75, 3.05) is 18.4 Å². The molecule has 2 aromatic heterocycles. The van der Waals surface area contributed by atoms with Crippen molar-refractivity contribution in [1.29, 1.82) is 0 Å². The maximum atomic E-state index is 13.1. The third-order valence-electron chi connectivity index (χ3n) is 3.60. The molecule has 5 nitrogen and oxygen atoms in total. The minimum absolute atomic E-state index is 0.116. The van der Waals surface area contributed by atoms with Gasteiger partial charge in [0.15, 0.2) is 0 Å². The summed E-state index contributed by atoms with van der Waals surface area (Å²) in [5.74, 6) is 0.220. The van der Waals surface area contributed by atoms with Gasteiger partial charge in [0.2, 0.25) is 5.95 Å². The number of hydrogen-bond donors (Lipinski definition) is 3. The Morgan fingerprint density at radius 1 is 1.32 bits per heavy atom. The molecule has 1 aliphatic rings. The minimum Gasteiger partial charge on any atom is -0.367 e. The smallest absolute Gasteiger partial charge is 0.367 e. The van der Waals surface area contributed by atoms with Gasteiger partial charge in [-0.05, 0) is 25.5 Å². The molecule has 1 aliphatic heterocycles. The lowest BCUT2D eigenvalue weighted by atomic mass is 10.1. The summed E-state index contributed by atoms with van der Waals surface area (Å²) < 4.78 is 39.3. The Balaban J connectivity index is 1.92. The zero-order valence-electron chi connectivity index (χ0n) is 11.7. The summed E-state index contributed by atoms with van der Waals surface area (Å²) in [4.78, 5) is 10.7. The Morgan fingerprint density at radius 2 is 2.18 bits per heavy atom. The molecular weight excluding hydrogens is 295 g/mol. The van der Waals surface area contributed by atoms with Crippen molar-refractivity contribution in [2.24, 2.45) is 0 Å². The second-order valence-corrected chi connectivity index (χ2v) is 5.24. The highest BCUT2D eigenvalue weighted by Gasteiger charge is 2.35. The lowest BCUT2D eigenvalue weighted by Gasteiger charge is -2.24. The number of nitrogens with zero attached hydrogens (tertiary/aromatic N) is 2. The van der Waals surface area contributed by atoms with Crippen LogP contribution in [0.25, 0.3) is 11.3 Å². The van der Waals surface area contributed by atoms with Gasteiger partial charge in [0, 0.05) is 36.7 Å². The fraction of sp³-hybridized carbons (Fsp3) is 0.429. The molecule has 0 bridgehead atoms. The number of anilines is 1. The van der Waals surface area contributed by atoms with Crippen molar-refractivity contribution < 1.29 is 13.2 Å². The number of H-pyrrole nitrogens is 1. The molecule has 3 heterocycles. The Bertz CT molecular complexity index is 618. The molecule has 8 heteroatoms. The SMILES string of the molecule is FC(F)(F)c1cnc(N[C@H]2CCCNC2)nc1-c1cc[nH]c1. The molecule has 0 spiro atoms. The highest BCUT2D eigenvalue weighted by molar-refractivity contribution is 5.64. The third kappa shape index (κ3) is 3.22. The van der Waals surface area contributed by atoms with Gasteiger partial charge in [-0.1, -0.05) is 0 Å². The number of nitrogens with one attached hydrogen (secondary N) is 3. The summed E-state index contributed by atoms with van der Waals surface area (Å²) in [7, 11) is 0. The predicted molar refractivity (Wildman–Crippen MR) is 76.3 cm³/mol. The van der Waals surface area contributed by atoms with Gasteiger partial charge in [0.25, 0.3) is 0 Å². The van der Waals surface area contributed by atoms with Gasteiger partial charge in [-0.25, -0.2) is 9.97 Å². The maximum Gasteiger partial charge on any atom is 0.419 e. The summed E-state index contributed by atoms with van der Waals surface area (Å²) in [5, 5.41) is 6.33. The van der Waals surface area contributed by atoms with E-state index in [2.05, 4.69) is 25.6 Å². The van der Waals surface area contributed by atoms with Crippen LogP contribution in [0.4, 0.5) is 19.1 Å². The van der Waals surface area contributed by atoms with Crippen molar-refractivity contribution in [3.63, 3.8) is 0 Å². The van der Waals surface area contributed by atoms with Gasteiger partial charge in [0.05, 0.1) is 5.69 Å². The van der Waals surface area contributed by atoms with Crippen LogP contribution in [0.15, 0.2) is 24.7 Å². The number of piperidine rings is 1. The topological polar surface area (TPSA) is 65.6 Å². The van der Waals surface area contributed by atoms with Gasteiger partial charge >= 0.3 is 6.18 Å². The van der Waals surface area contributed by atoms with Gasteiger partial charge in [0.1, 0.15) is 5.56 Å². The first-order valence-electron chi connectivity index (χ1n) is 7.08. The van der Waals surface area contributed by atoms with Crippen molar-refractivity contribution in [3.05, 3.63) is 30.2 Å². The molecule has 118 valence electrons. The van der Waals surface area contributed by atoms with Crippen LogP contribution in [0, 0.1) is 0 Å². The van der Waals surface area contributed by atoms with E-state index in [0.717, 1.165) is 32.1 Å². The molecule has 1 saturated heterocycles. The number of alkyl halides is 3. The van der Waals surface area contributed by atoms with E-state index in [1.165, 1.54) is 6.20 Å². The van der Waals surface area contributed by atoms with E-state index in [0.29, 0.717) is 5.56 Å². The van der Waals surface area contributed by atoms with Crippen LogP contribution in [0.3, 0.4) is 0 Å². The minimum atomic E-state index is -4.49. The van der Waals surface area contributed by atoms with Crippen LogP contribution < -0.4 is 10.6 Å². The summed E-state index contributed by atoms with van der Waals surface area (Å²) >= 11 is 0. The first-order valence-corrected chi connectivity index (χ1v) is 7.08. The number of hydrogen-bond acceptors (Lipinski definition) is 4. The molecule has 22 heavy (non-hydrogen) atoms. The van der Waals surface area contributed by atoms with E-state index in [-0.39, 0.29) is 17.7 Å². The molecule has 1 fully saturated rings. The van der Waals surface area contributed by atoms with Crippen LogP contribution in [0.2, 0.25) is 0 Å². The van der Waals surface area contributed by atoms with Crippen LogP contribution in [-0.2, 0) is 6.18 Å². The lowest BCUT2D eigenvalue weighted by molar-refractivity contribution is -0.137. The molecule has 0 unspecified atom stereocenters. The molecule has 0 radical (unpaired) electrons. The van der Waals surface area contributed by atoms with E-state index >= 15 is 0 Å². The molecule has 0 aliphatic carbocycles. The zero-order valence-corrected chi connectivity index (χ0v) is 11.7. The average molecular weight is 311 g/mol. The highest BCUT2D eigenvalue weighted by atomic mass is 19.4. The fourth-order valence-corrected chi connectivity index (χ4v) is 2.51. The fourth-order valence-electron chi connectivity index (χ4n) is 2.51. The third-order valence-corrected chi connectivity index (χ3v) is 3.60. The lowest BCUT2D eigenvalue weighted by Crippen LogP contribution is -2.38. The van der Waals surface area contributed by atoms with Crippen molar-refractivity contribution in [2.45, 2.75) is 25.1 Å². The van der Waals surface area contributed by atoms with Crippen LogP contribution in [-0.4, -0.2) is 34.1 Å². The molecule has 0 saturated carbocycles. The first kappa shape index (κ1) is 14.8. The summed E-state index contributed by atoms with van der Waals surface area (Å²) in [6.45, 7) is 1.71. The van der Waals surface area contributed by atoms with Crippen LogP contribution in [0.1, 0.15) is 18.4 Å². The quantitative estimate of drug-likeness (QED) is 0.815. The second kappa shape index (κ2) is 5.96. The average Bonchev–Trinajstić information content (AvgIpc) is 3.01. The largest absolute Gasteiger partial charge is 0.419 e. The van der Waals surface area contributed by atoms with Gasteiger partial charge in [-0.15, -0.1) is 0 Å². The van der Waals surface area contributed by atoms with Crippen molar-refractivity contribution >= 4 is 5.95 Å². The van der Waals surface area contributed by atoms with E-state index in [1.54, 1.807) is 12.3 Å².